The Morgan fingerprint density at radius 2 is 1.40 bits per heavy atom. The van der Waals surface area contributed by atoms with Crippen molar-refractivity contribution in [1.29, 1.82) is 0 Å². The van der Waals surface area contributed by atoms with Gasteiger partial charge >= 0.3 is 12.1 Å². The van der Waals surface area contributed by atoms with Crippen molar-refractivity contribution in [2.75, 3.05) is 18.0 Å². The number of nitrogens with two attached hydrogens (primary N) is 4. The molecule has 0 radical (unpaired) electrons. The molecule has 12 nitrogen and oxygen atoms in total. The van der Waals surface area contributed by atoms with Gasteiger partial charge in [-0.2, -0.15) is 13.2 Å². The number of halogens is 4. The van der Waals surface area contributed by atoms with Crippen LogP contribution in [-0.2, 0) is 9.59 Å². The number of aromatic nitrogens is 2. The molecule has 0 saturated carbocycles. The van der Waals surface area contributed by atoms with Crippen LogP contribution in [0.4, 0.5) is 24.8 Å². The topological polar surface area (TPSA) is 226 Å². The van der Waals surface area contributed by atoms with Gasteiger partial charge < -0.3 is 28.0 Å². The van der Waals surface area contributed by atoms with Crippen molar-refractivity contribution in [3.63, 3.8) is 0 Å². The maximum atomic E-state index is 12.1. The van der Waals surface area contributed by atoms with Crippen LogP contribution >= 0.6 is 11.6 Å². The summed E-state index contributed by atoms with van der Waals surface area (Å²) in [6.45, 7) is 0.508. The number of carbonyl (C=O) groups is 3. The Hall–Kier alpha value is -3.36. The number of anilines is 2. The first-order valence-electron chi connectivity index (χ1n) is 10.5. The van der Waals surface area contributed by atoms with Gasteiger partial charge in [0.25, 0.3) is 5.91 Å². The first-order chi connectivity index (χ1) is 16.3. The third kappa shape index (κ3) is 15.2. The largest absolute Gasteiger partial charge is 0.490 e. The summed E-state index contributed by atoms with van der Waals surface area (Å²) in [7, 11) is 0. The fraction of sp³-hybridized carbons (Fsp3) is 0.579. The Bertz CT molecular complexity index is 884. The van der Waals surface area contributed by atoms with Gasteiger partial charge in [0.15, 0.2) is 28.4 Å². The van der Waals surface area contributed by atoms with Crippen LogP contribution in [0, 0.1) is 0 Å². The number of alkyl halides is 3. The molecule has 2 amide bonds. The number of nitrogens with zero attached hydrogens (tertiary/aromatic N) is 3. The second-order valence-electron chi connectivity index (χ2n) is 7.20. The molecule has 0 atom stereocenters. The van der Waals surface area contributed by atoms with E-state index in [1.165, 1.54) is 0 Å². The first-order valence-corrected chi connectivity index (χ1v) is 10.9. The van der Waals surface area contributed by atoms with Crippen LogP contribution in [0.15, 0.2) is 4.99 Å². The number of nitrogens with one attached hydrogen (secondary N) is 1. The number of hydrogen-bond acceptors (Lipinski definition) is 8. The van der Waals surface area contributed by atoms with E-state index in [9.17, 15) is 22.8 Å². The number of hydrogen-bond donors (Lipinski definition) is 6. The molecule has 0 aliphatic rings. The zero-order valence-electron chi connectivity index (χ0n) is 18.9. The van der Waals surface area contributed by atoms with Gasteiger partial charge in [0, 0.05) is 13.0 Å². The molecule has 1 aromatic rings. The summed E-state index contributed by atoms with van der Waals surface area (Å²) >= 11 is 5.74. The molecule has 0 aromatic carbocycles. The van der Waals surface area contributed by atoms with E-state index in [-0.39, 0.29) is 34.3 Å². The average molecular weight is 527 g/mol. The fourth-order valence-electron chi connectivity index (χ4n) is 2.49. The predicted molar refractivity (Wildman–Crippen MR) is 124 cm³/mol. The van der Waals surface area contributed by atoms with Crippen molar-refractivity contribution in [1.82, 2.24) is 15.3 Å². The quantitative estimate of drug-likeness (QED) is 0.133. The minimum absolute atomic E-state index is 0.0198. The molecule has 16 heteroatoms. The van der Waals surface area contributed by atoms with Gasteiger partial charge in [0.05, 0.1) is 0 Å². The molecule has 10 N–H and O–H groups in total. The lowest BCUT2D eigenvalue weighted by atomic mass is 10.1. The summed E-state index contributed by atoms with van der Waals surface area (Å²) in [5.74, 6) is -3.85. The summed E-state index contributed by atoms with van der Waals surface area (Å²) < 4.78 is 31.7. The smallest absolute Gasteiger partial charge is 0.475 e. The number of carboxylic acids is 1. The van der Waals surface area contributed by atoms with Crippen LogP contribution in [0.3, 0.4) is 0 Å². The van der Waals surface area contributed by atoms with Crippen LogP contribution < -0.4 is 28.3 Å². The second-order valence-corrected chi connectivity index (χ2v) is 7.56. The Morgan fingerprint density at radius 3 is 1.89 bits per heavy atom. The van der Waals surface area contributed by atoms with Crippen molar-refractivity contribution >= 4 is 47.0 Å². The minimum Gasteiger partial charge on any atom is -0.475 e. The SMILES string of the molecule is NC(=O)CCCCCCCCCCN=C(N)NC(=O)c1nc(Cl)c(N)nc1N.O=C(O)C(F)(F)F. The third-order valence-corrected chi connectivity index (χ3v) is 4.50. The van der Waals surface area contributed by atoms with Gasteiger partial charge in [0.1, 0.15) is 0 Å². The molecule has 1 aromatic heterocycles. The highest BCUT2D eigenvalue weighted by Crippen LogP contribution is 2.17. The number of nitrogen functional groups attached to an aromatic ring is 2. The number of carbonyl (C=O) groups excluding carboxylic acids is 2. The minimum atomic E-state index is -5.08. The lowest BCUT2D eigenvalue weighted by Gasteiger charge is -2.07. The summed E-state index contributed by atoms with van der Waals surface area (Å²) in [5.41, 5.74) is 21.7. The molecule has 0 bridgehead atoms. The number of rotatable bonds is 12. The predicted octanol–water partition coefficient (Wildman–Crippen LogP) is 1.97. The molecule has 35 heavy (non-hydrogen) atoms. The summed E-state index contributed by atoms with van der Waals surface area (Å²) in [5, 5.41) is 9.41. The fourth-order valence-corrected chi connectivity index (χ4v) is 2.62. The number of primary amides is 1. The molecular formula is C19H30ClF3N8O4. The van der Waals surface area contributed by atoms with E-state index in [2.05, 4.69) is 20.3 Å². The van der Waals surface area contributed by atoms with Gasteiger partial charge in [-0.1, -0.05) is 50.1 Å². The second kappa shape index (κ2) is 16.3. The molecule has 0 aliphatic carbocycles. The van der Waals surface area contributed by atoms with Crippen LogP contribution in [0.25, 0.3) is 0 Å². The van der Waals surface area contributed by atoms with Crippen molar-refractivity contribution in [2.45, 2.75) is 64.0 Å². The first kappa shape index (κ1) is 31.6. The van der Waals surface area contributed by atoms with E-state index in [1.54, 1.807) is 0 Å². The molecule has 1 rings (SSSR count). The summed E-state index contributed by atoms with van der Waals surface area (Å²) in [6, 6.07) is 0. The lowest BCUT2D eigenvalue weighted by molar-refractivity contribution is -0.192. The van der Waals surface area contributed by atoms with Crippen molar-refractivity contribution in [3.8, 4) is 0 Å². The van der Waals surface area contributed by atoms with E-state index in [0.717, 1.165) is 51.4 Å². The Labute approximate surface area is 204 Å². The van der Waals surface area contributed by atoms with Gasteiger partial charge in [-0.15, -0.1) is 0 Å². The Balaban J connectivity index is 0.00000143. The normalized spacial score (nSPS) is 11.4. The molecule has 198 valence electrons. The average Bonchev–Trinajstić information content (AvgIpc) is 2.74. The number of guanidine groups is 1. The zero-order chi connectivity index (χ0) is 27.0. The number of amides is 2. The van der Waals surface area contributed by atoms with Gasteiger partial charge in [-0.25, -0.2) is 14.8 Å². The monoisotopic (exact) mass is 526 g/mol. The van der Waals surface area contributed by atoms with Crippen molar-refractivity contribution in [2.24, 2.45) is 16.5 Å². The molecule has 0 spiro atoms. The summed E-state index contributed by atoms with van der Waals surface area (Å²) in [6.07, 6.45) is 3.70. The maximum absolute atomic E-state index is 12.1. The molecule has 0 aliphatic heterocycles. The number of aliphatic imine (C=N–C) groups is 1. The number of aliphatic carboxylic acids is 1. The van der Waals surface area contributed by atoms with E-state index >= 15 is 0 Å². The van der Waals surface area contributed by atoms with E-state index in [4.69, 9.17) is 44.4 Å². The van der Waals surface area contributed by atoms with Crippen LogP contribution in [0.5, 0.6) is 0 Å². The van der Waals surface area contributed by atoms with E-state index in [0.29, 0.717) is 13.0 Å². The highest BCUT2D eigenvalue weighted by atomic mass is 35.5. The van der Waals surface area contributed by atoms with Crippen LogP contribution in [0.2, 0.25) is 5.15 Å². The molecule has 0 fully saturated rings. The van der Waals surface area contributed by atoms with Crippen molar-refractivity contribution in [3.05, 3.63) is 10.8 Å². The number of unbranched alkanes of at least 4 members (excludes halogenated alkanes) is 7. The highest BCUT2D eigenvalue weighted by molar-refractivity contribution is 6.31. The van der Waals surface area contributed by atoms with Crippen molar-refractivity contribution < 1.29 is 32.7 Å². The summed E-state index contributed by atoms with van der Waals surface area (Å²) in [4.78, 5) is 43.2. The van der Waals surface area contributed by atoms with Gasteiger partial charge in [0.2, 0.25) is 5.91 Å². The van der Waals surface area contributed by atoms with Crippen LogP contribution in [-0.4, -0.2) is 51.5 Å². The Kier molecular flexibility index (Phi) is 14.7. The maximum Gasteiger partial charge on any atom is 0.490 e. The molecular weight excluding hydrogens is 497 g/mol. The molecule has 1 heterocycles. The lowest BCUT2D eigenvalue weighted by Crippen LogP contribution is -2.38. The van der Waals surface area contributed by atoms with Gasteiger partial charge in [-0.3, -0.25) is 19.9 Å². The zero-order valence-corrected chi connectivity index (χ0v) is 19.7. The Morgan fingerprint density at radius 1 is 0.914 bits per heavy atom. The van der Waals surface area contributed by atoms with Gasteiger partial charge in [-0.05, 0) is 12.8 Å². The van der Waals surface area contributed by atoms with E-state index < -0.39 is 18.1 Å². The number of carboxylic acid groups (broad SMARTS) is 1. The molecule has 0 unspecified atom stereocenters. The molecule has 0 saturated heterocycles. The van der Waals surface area contributed by atoms with E-state index in [1.807, 2.05) is 0 Å². The highest BCUT2D eigenvalue weighted by Gasteiger charge is 2.38. The van der Waals surface area contributed by atoms with Crippen LogP contribution in [0.1, 0.15) is 68.3 Å². The standard InChI is InChI=1S/C17H29ClN8O2.C2HF3O2/c18-13-15(21)25-14(20)12(24-13)16(28)26-17(22)23-10-8-6-4-2-1-3-5-7-9-11(19)27;3-2(4,5)1(6)7/h1-10H2,(H2,19,27)(H4,20,21,25)(H3,22,23,26,28);(H,6,7). The third-order valence-electron chi connectivity index (χ3n) is 4.22.